The van der Waals surface area contributed by atoms with E-state index in [1.165, 1.54) is 0 Å². The fourth-order valence-corrected chi connectivity index (χ4v) is 2.44. The minimum absolute atomic E-state index is 0.371. The first-order chi connectivity index (χ1) is 8.95. The predicted octanol–water partition coefficient (Wildman–Crippen LogP) is 2.69. The Morgan fingerprint density at radius 2 is 2.16 bits per heavy atom. The van der Waals surface area contributed by atoms with Gasteiger partial charge in [-0.2, -0.15) is 11.8 Å². The number of carbonyl (C=O) groups is 2. The largest absolute Gasteiger partial charge is 0.480 e. The molecule has 0 radical (unpaired) electrons. The van der Waals surface area contributed by atoms with Crippen LogP contribution in [0.1, 0.15) is 22.3 Å². The van der Waals surface area contributed by atoms with Crippen LogP contribution in [0.4, 0.5) is 0 Å². The molecular formula is C13H16BrNO3S. The minimum Gasteiger partial charge on any atom is -0.480 e. The predicted molar refractivity (Wildman–Crippen MR) is 80.8 cm³/mol. The third-order valence-corrected chi connectivity index (χ3v) is 3.92. The number of aryl methyl sites for hydroxylation is 1. The van der Waals surface area contributed by atoms with E-state index in [0.29, 0.717) is 22.2 Å². The second-order valence-corrected chi connectivity index (χ2v) is 5.97. The molecule has 0 aliphatic rings. The lowest BCUT2D eigenvalue weighted by molar-refractivity contribution is -0.139. The van der Waals surface area contributed by atoms with Crippen molar-refractivity contribution in [3.8, 4) is 0 Å². The van der Waals surface area contributed by atoms with Crippen molar-refractivity contribution in [3.63, 3.8) is 0 Å². The fourth-order valence-electron chi connectivity index (χ4n) is 1.54. The highest BCUT2D eigenvalue weighted by molar-refractivity contribution is 9.10. The molecule has 0 aliphatic heterocycles. The molecule has 0 aliphatic carbocycles. The van der Waals surface area contributed by atoms with Gasteiger partial charge in [-0.15, -0.1) is 0 Å². The van der Waals surface area contributed by atoms with Crippen molar-refractivity contribution in [3.05, 3.63) is 33.8 Å². The summed E-state index contributed by atoms with van der Waals surface area (Å²) in [5, 5.41) is 11.6. The summed E-state index contributed by atoms with van der Waals surface area (Å²) in [4.78, 5) is 23.2. The number of hydrogen-bond acceptors (Lipinski definition) is 3. The number of nitrogens with one attached hydrogen (secondary N) is 1. The number of aliphatic carboxylic acids is 1. The van der Waals surface area contributed by atoms with Crippen molar-refractivity contribution in [1.82, 2.24) is 5.32 Å². The molecule has 0 aromatic heterocycles. The lowest BCUT2D eigenvalue weighted by Crippen LogP contribution is -2.41. The van der Waals surface area contributed by atoms with Crippen molar-refractivity contribution < 1.29 is 14.7 Å². The number of amides is 1. The SMILES string of the molecule is CSCCC(NC(=O)c1cc(C)ccc1Br)C(=O)O. The molecule has 0 spiro atoms. The molecule has 19 heavy (non-hydrogen) atoms. The summed E-state index contributed by atoms with van der Waals surface area (Å²) in [6.45, 7) is 1.88. The number of rotatable bonds is 6. The van der Waals surface area contributed by atoms with Gasteiger partial charge in [0.25, 0.3) is 5.91 Å². The Labute approximate surface area is 125 Å². The monoisotopic (exact) mass is 345 g/mol. The van der Waals surface area contributed by atoms with Gasteiger partial charge in [0, 0.05) is 4.47 Å². The summed E-state index contributed by atoms with van der Waals surface area (Å²) in [6.07, 6.45) is 2.31. The zero-order valence-corrected chi connectivity index (χ0v) is 13.2. The van der Waals surface area contributed by atoms with Crippen molar-refractivity contribution in [1.29, 1.82) is 0 Å². The summed E-state index contributed by atoms with van der Waals surface area (Å²) in [5.41, 5.74) is 1.40. The summed E-state index contributed by atoms with van der Waals surface area (Å²) in [5.74, 6) is -0.693. The van der Waals surface area contributed by atoms with Crippen molar-refractivity contribution in [2.75, 3.05) is 12.0 Å². The van der Waals surface area contributed by atoms with Crippen LogP contribution in [-0.4, -0.2) is 35.0 Å². The molecule has 1 amide bonds. The van der Waals surface area contributed by atoms with Gasteiger partial charge in [0.15, 0.2) is 0 Å². The first kappa shape index (κ1) is 16.0. The zero-order valence-electron chi connectivity index (χ0n) is 10.8. The first-order valence-corrected chi connectivity index (χ1v) is 7.93. The van der Waals surface area contributed by atoms with E-state index in [4.69, 9.17) is 5.11 Å². The van der Waals surface area contributed by atoms with E-state index in [-0.39, 0.29) is 5.91 Å². The highest BCUT2D eigenvalue weighted by atomic mass is 79.9. The van der Waals surface area contributed by atoms with Crippen LogP contribution < -0.4 is 5.32 Å². The molecule has 1 unspecified atom stereocenters. The van der Waals surface area contributed by atoms with Crippen LogP contribution in [0.2, 0.25) is 0 Å². The lowest BCUT2D eigenvalue weighted by atomic mass is 10.1. The third kappa shape index (κ3) is 4.87. The van der Waals surface area contributed by atoms with Crippen LogP contribution in [0.25, 0.3) is 0 Å². The zero-order chi connectivity index (χ0) is 14.4. The van der Waals surface area contributed by atoms with E-state index >= 15 is 0 Å². The molecule has 2 N–H and O–H groups in total. The summed E-state index contributed by atoms with van der Waals surface area (Å²) >= 11 is 4.85. The van der Waals surface area contributed by atoms with Gasteiger partial charge in [-0.25, -0.2) is 4.79 Å². The van der Waals surface area contributed by atoms with Crippen LogP contribution >= 0.6 is 27.7 Å². The number of benzene rings is 1. The van der Waals surface area contributed by atoms with Crippen LogP contribution in [0.15, 0.2) is 22.7 Å². The molecule has 1 rings (SSSR count). The molecule has 1 aromatic carbocycles. The normalized spacial score (nSPS) is 11.9. The van der Waals surface area contributed by atoms with Crippen LogP contribution in [0.5, 0.6) is 0 Å². The van der Waals surface area contributed by atoms with E-state index in [1.54, 1.807) is 23.9 Å². The van der Waals surface area contributed by atoms with Crippen LogP contribution in [0.3, 0.4) is 0 Å². The van der Waals surface area contributed by atoms with Gasteiger partial charge in [-0.1, -0.05) is 11.6 Å². The molecule has 4 nitrogen and oxygen atoms in total. The van der Waals surface area contributed by atoms with Gasteiger partial charge in [-0.3, -0.25) is 4.79 Å². The maximum atomic E-state index is 12.1. The topological polar surface area (TPSA) is 66.4 Å². The number of carboxylic acids is 1. The molecule has 1 atom stereocenters. The minimum atomic E-state index is -1.01. The standard InChI is InChI=1S/C13H16BrNO3S/c1-8-3-4-10(14)9(7-8)12(16)15-11(13(17)18)5-6-19-2/h3-4,7,11H,5-6H2,1-2H3,(H,15,16)(H,17,18). The highest BCUT2D eigenvalue weighted by Crippen LogP contribution is 2.18. The van der Waals surface area contributed by atoms with Crippen molar-refractivity contribution >= 4 is 39.6 Å². The second-order valence-electron chi connectivity index (χ2n) is 4.13. The Balaban J connectivity index is 2.81. The van der Waals surface area contributed by atoms with Crippen LogP contribution in [0, 0.1) is 6.92 Å². The number of carboxylic acid groups (broad SMARTS) is 1. The first-order valence-electron chi connectivity index (χ1n) is 5.74. The number of thioether (sulfide) groups is 1. The van der Waals surface area contributed by atoms with Gasteiger partial charge in [0.1, 0.15) is 6.04 Å². The molecular weight excluding hydrogens is 330 g/mol. The Kier molecular flexibility index (Phi) is 6.37. The molecule has 6 heteroatoms. The third-order valence-electron chi connectivity index (χ3n) is 2.58. The van der Waals surface area contributed by atoms with E-state index in [2.05, 4.69) is 21.2 Å². The molecule has 0 bridgehead atoms. The number of carbonyl (C=O) groups excluding carboxylic acids is 1. The van der Waals surface area contributed by atoms with Crippen molar-refractivity contribution in [2.45, 2.75) is 19.4 Å². The van der Waals surface area contributed by atoms with Gasteiger partial charge in [0.2, 0.25) is 0 Å². The number of hydrogen-bond donors (Lipinski definition) is 2. The smallest absolute Gasteiger partial charge is 0.326 e. The molecule has 0 saturated carbocycles. The van der Waals surface area contributed by atoms with Gasteiger partial charge in [0.05, 0.1) is 5.56 Å². The maximum Gasteiger partial charge on any atom is 0.326 e. The highest BCUT2D eigenvalue weighted by Gasteiger charge is 2.21. The molecule has 1 aromatic rings. The van der Waals surface area contributed by atoms with Crippen LogP contribution in [-0.2, 0) is 4.79 Å². The van der Waals surface area contributed by atoms with Gasteiger partial charge in [-0.05, 0) is 53.4 Å². The van der Waals surface area contributed by atoms with Gasteiger partial charge >= 0.3 is 5.97 Å². The van der Waals surface area contributed by atoms with E-state index in [9.17, 15) is 9.59 Å². The Hall–Kier alpha value is -1.01. The average molecular weight is 346 g/mol. The molecule has 0 heterocycles. The quantitative estimate of drug-likeness (QED) is 0.831. The lowest BCUT2D eigenvalue weighted by Gasteiger charge is -2.14. The average Bonchev–Trinajstić information content (AvgIpc) is 2.36. The van der Waals surface area contributed by atoms with E-state index in [1.807, 2.05) is 19.2 Å². The Bertz CT molecular complexity index is 479. The maximum absolute atomic E-state index is 12.1. The van der Waals surface area contributed by atoms with E-state index < -0.39 is 12.0 Å². The summed E-state index contributed by atoms with van der Waals surface area (Å²) < 4.78 is 0.657. The van der Waals surface area contributed by atoms with E-state index in [0.717, 1.165) is 5.56 Å². The Morgan fingerprint density at radius 3 is 2.74 bits per heavy atom. The molecule has 104 valence electrons. The Morgan fingerprint density at radius 1 is 1.47 bits per heavy atom. The summed E-state index contributed by atoms with van der Waals surface area (Å²) in [7, 11) is 0. The van der Waals surface area contributed by atoms with Gasteiger partial charge < -0.3 is 10.4 Å². The number of halogens is 1. The molecule has 0 fully saturated rings. The fraction of sp³-hybridized carbons (Fsp3) is 0.385. The summed E-state index contributed by atoms with van der Waals surface area (Å²) in [6, 6.07) is 4.53. The van der Waals surface area contributed by atoms with Crippen molar-refractivity contribution in [2.24, 2.45) is 0 Å². The second kappa shape index (κ2) is 7.55. The molecule has 0 saturated heterocycles.